The number of amides is 1. The highest BCUT2D eigenvalue weighted by atomic mass is 16.5. The van der Waals surface area contributed by atoms with Crippen LogP contribution in [0.1, 0.15) is 28.4 Å². The molecule has 128 valence electrons. The van der Waals surface area contributed by atoms with Crippen molar-refractivity contribution >= 4 is 28.5 Å². The fraction of sp³-hybridized carbons (Fsp3) is 0.200. The number of carbonyl (C=O) groups is 2. The number of aromatic nitrogens is 1. The van der Waals surface area contributed by atoms with Gasteiger partial charge in [-0.25, -0.2) is 4.79 Å². The summed E-state index contributed by atoms with van der Waals surface area (Å²) in [6, 6.07) is 13.2. The number of ether oxygens (including phenoxy) is 1. The zero-order chi connectivity index (χ0) is 18.0. The number of fused-ring (bicyclic) bond motifs is 1. The van der Waals surface area contributed by atoms with Gasteiger partial charge in [0.25, 0.3) is 5.91 Å². The third-order valence-electron chi connectivity index (χ3n) is 4.10. The lowest BCUT2D eigenvalue weighted by Crippen LogP contribution is -2.30. The first-order chi connectivity index (χ1) is 12.0. The molecule has 5 nitrogen and oxygen atoms in total. The quantitative estimate of drug-likeness (QED) is 0.708. The van der Waals surface area contributed by atoms with E-state index in [0.29, 0.717) is 11.3 Å². The number of hydrogen-bond acceptors (Lipinski definition) is 3. The topological polar surface area (TPSA) is 71.2 Å². The number of nitrogens with one attached hydrogen (secondary N) is 2. The number of carbonyl (C=O) groups excluding carboxylic acids is 2. The maximum atomic E-state index is 12.4. The Bertz CT molecular complexity index is 943. The summed E-state index contributed by atoms with van der Waals surface area (Å²) in [5, 5.41) is 3.57. The molecule has 2 aromatic carbocycles. The first kappa shape index (κ1) is 16.8. The number of hydrogen-bond donors (Lipinski definition) is 2. The van der Waals surface area contributed by atoms with Gasteiger partial charge in [0, 0.05) is 22.8 Å². The molecule has 25 heavy (non-hydrogen) atoms. The van der Waals surface area contributed by atoms with Gasteiger partial charge in [0.1, 0.15) is 0 Å². The van der Waals surface area contributed by atoms with E-state index in [1.807, 2.05) is 56.3 Å². The molecular weight excluding hydrogens is 316 g/mol. The van der Waals surface area contributed by atoms with Gasteiger partial charge in [-0.3, -0.25) is 4.79 Å². The summed E-state index contributed by atoms with van der Waals surface area (Å²) in [5.41, 5.74) is 4.06. The van der Waals surface area contributed by atoms with E-state index in [2.05, 4.69) is 10.3 Å². The van der Waals surface area contributed by atoms with Crippen LogP contribution in [0.2, 0.25) is 0 Å². The zero-order valence-corrected chi connectivity index (χ0v) is 14.4. The van der Waals surface area contributed by atoms with Crippen molar-refractivity contribution in [3.05, 3.63) is 65.4 Å². The molecule has 1 amide bonds. The first-order valence-electron chi connectivity index (χ1n) is 8.11. The van der Waals surface area contributed by atoms with Crippen molar-refractivity contribution in [2.45, 2.75) is 26.9 Å². The molecule has 1 heterocycles. The lowest BCUT2D eigenvalue weighted by Gasteiger charge is -2.15. The molecule has 0 saturated carbocycles. The van der Waals surface area contributed by atoms with Crippen LogP contribution < -0.4 is 5.32 Å². The predicted octanol–water partition coefficient (Wildman–Crippen LogP) is 3.97. The second kappa shape index (κ2) is 6.81. The normalized spacial score (nSPS) is 12.0. The predicted molar refractivity (Wildman–Crippen MR) is 97.7 cm³/mol. The highest BCUT2D eigenvalue weighted by Gasteiger charge is 2.21. The van der Waals surface area contributed by atoms with Crippen LogP contribution in [0.4, 0.5) is 5.69 Å². The molecule has 0 radical (unpaired) electrons. The smallest absolute Gasteiger partial charge is 0.341 e. The maximum Gasteiger partial charge on any atom is 0.341 e. The van der Waals surface area contributed by atoms with Crippen molar-refractivity contribution in [2.75, 3.05) is 5.32 Å². The Morgan fingerprint density at radius 2 is 1.88 bits per heavy atom. The van der Waals surface area contributed by atoms with Crippen LogP contribution in [-0.4, -0.2) is 23.0 Å². The summed E-state index contributed by atoms with van der Waals surface area (Å²) in [7, 11) is 0. The van der Waals surface area contributed by atoms with Crippen LogP contribution in [0.25, 0.3) is 10.9 Å². The minimum atomic E-state index is -0.901. The fourth-order valence-corrected chi connectivity index (χ4v) is 2.71. The Labute approximate surface area is 146 Å². The van der Waals surface area contributed by atoms with Crippen molar-refractivity contribution in [1.29, 1.82) is 0 Å². The van der Waals surface area contributed by atoms with Gasteiger partial charge in [0.05, 0.1) is 5.56 Å². The number of para-hydroxylation sites is 1. The summed E-state index contributed by atoms with van der Waals surface area (Å²) in [6.45, 7) is 5.47. The molecule has 3 rings (SSSR count). The molecule has 0 aliphatic heterocycles. The Hall–Kier alpha value is -3.08. The van der Waals surface area contributed by atoms with Gasteiger partial charge in [-0.15, -0.1) is 0 Å². The van der Waals surface area contributed by atoms with Crippen molar-refractivity contribution in [3.8, 4) is 0 Å². The number of aryl methyl sites for hydroxylation is 2. The van der Waals surface area contributed by atoms with E-state index in [4.69, 9.17) is 4.74 Å². The second-order valence-electron chi connectivity index (χ2n) is 6.10. The summed E-state index contributed by atoms with van der Waals surface area (Å²) < 4.78 is 5.33. The summed E-state index contributed by atoms with van der Waals surface area (Å²) >= 11 is 0. The second-order valence-corrected chi connectivity index (χ2v) is 6.10. The van der Waals surface area contributed by atoms with Crippen LogP contribution in [0, 0.1) is 13.8 Å². The van der Waals surface area contributed by atoms with E-state index < -0.39 is 12.1 Å². The first-order valence-corrected chi connectivity index (χ1v) is 8.11. The van der Waals surface area contributed by atoms with Crippen molar-refractivity contribution in [2.24, 2.45) is 0 Å². The third kappa shape index (κ3) is 3.55. The van der Waals surface area contributed by atoms with E-state index in [0.717, 1.165) is 22.0 Å². The van der Waals surface area contributed by atoms with Gasteiger partial charge in [-0.2, -0.15) is 0 Å². The molecule has 5 heteroatoms. The highest BCUT2D eigenvalue weighted by molar-refractivity contribution is 6.05. The van der Waals surface area contributed by atoms with Crippen LogP contribution >= 0.6 is 0 Å². The van der Waals surface area contributed by atoms with Crippen LogP contribution in [0.5, 0.6) is 0 Å². The summed E-state index contributed by atoms with van der Waals surface area (Å²) in [6.07, 6.45) is 0.698. The molecule has 3 aromatic rings. The molecule has 0 bridgehead atoms. The average molecular weight is 336 g/mol. The van der Waals surface area contributed by atoms with Gasteiger partial charge >= 0.3 is 5.97 Å². The van der Waals surface area contributed by atoms with Crippen molar-refractivity contribution in [3.63, 3.8) is 0 Å². The molecule has 1 aromatic heterocycles. The molecule has 1 atom stereocenters. The van der Waals surface area contributed by atoms with E-state index in [-0.39, 0.29) is 5.91 Å². The fourth-order valence-electron chi connectivity index (χ4n) is 2.71. The number of rotatable bonds is 4. The van der Waals surface area contributed by atoms with Crippen LogP contribution in [0.3, 0.4) is 0 Å². The Morgan fingerprint density at radius 3 is 2.64 bits per heavy atom. The van der Waals surface area contributed by atoms with Crippen LogP contribution in [0.15, 0.2) is 48.7 Å². The van der Waals surface area contributed by atoms with Crippen molar-refractivity contribution in [1.82, 2.24) is 4.98 Å². The van der Waals surface area contributed by atoms with E-state index >= 15 is 0 Å². The van der Waals surface area contributed by atoms with E-state index in [1.165, 1.54) is 0 Å². The number of benzene rings is 2. The Morgan fingerprint density at radius 1 is 1.12 bits per heavy atom. The SMILES string of the molecule is Cc1ccc(NC(=O)[C@H](C)OC(=O)c2c[nH]c3ccccc23)c(C)c1. The number of aromatic amines is 1. The summed E-state index contributed by atoms with van der Waals surface area (Å²) in [4.78, 5) is 27.7. The zero-order valence-electron chi connectivity index (χ0n) is 14.4. The Kier molecular flexibility index (Phi) is 4.57. The number of anilines is 1. The molecule has 0 spiro atoms. The third-order valence-corrected chi connectivity index (χ3v) is 4.10. The summed E-state index contributed by atoms with van der Waals surface area (Å²) in [5.74, 6) is -0.888. The molecule has 0 aliphatic rings. The van der Waals surface area contributed by atoms with Gasteiger partial charge in [0.15, 0.2) is 6.10 Å². The average Bonchev–Trinajstić information content (AvgIpc) is 3.01. The number of esters is 1. The molecule has 2 N–H and O–H groups in total. The minimum absolute atomic E-state index is 0.361. The van der Waals surface area contributed by atoms with Gasteiger partial charge < -0.3 is 15.0 Å². The van der Waals surface area contributed by atoms with E-state index in [1.54, 1.807) is 13.1 Å². The standard InChI is InChI=1S/C20H20N2O3/c1-12-8-9-17(13(2)10-12)22-19(23)14(3)25-20(24)16-11-21-18-7-5-4-6-15(16)18/h4-11,14,21H,1-3H3,(H,22,23)/t14-/m0/s1. The lowest BCUT2D eigenvalue weighted by molar-refractivity contribution is -0.123. The minimum Gasteiger partial charge on any atom is -0.449 e. The Balaban J connectivity index is 1.69. The molecule has 0 aliphatic carbocycles. The van der Waals surface area contributed by atoms with E-state index in [9.17, 15) is 9.59 Å². The highest BCUT2D eigenvalue weighted by Crippen LogP contribution is 2.20. The molecular formula is C20H20N2O3. The molecule has 0 fully saturated rings. The monoisotopic (exact) mass is 336 g/mol. The number of H-pyrrole nitrogens is 1. The van der Waals surface area contributed by atoms with Crippen LogP contribution in [-0.2, 0) is 9.53 Å². The maximum absolute atomic E-state index is 12.4. The van der Waals surface area contributed by atoms with Gasteiger partial charge in [-0.05, 0) is 38.5 Å². The van der Waals surface area contributed by atoms with Gasteiger partial charge in [-0.1, -0.05) is 35.9 Å². The largest absolute Gasteiger partial charge is 0.449 e. The lowest BCUT2D eigenvalue weighted by atomic mass is 10.1. The van der Waals surface area contributed by atoms with Crippen molar-refractivity contribution < 1.29 is 14.3 Å². The molecule has 0 saturated heterocycles. The van der Waals surface area contributed by atoms with Gasteiger partial charge in [0.2, 0.25) is 0 Å². The molecule has 0 unspecified atom stereocenters.